The Hall–Kier alpha value is -0.960. The van der Waals surface area contributed by atoms with Gasteiger partial charge in [-0.2, -0.15) is 0 Å². The second kappa shape index (κ2) is 4.33. The fourth-order valence-corrected chi connectivity index (χ4v) is 1.83. The maximum atomic E-state index is 5.62. The van der Waals surface area contributed by atoms with E-state index in [0.29, 0.717) is 0 Å². The molecule has 1 rings (SSSR count). The summed E-state index contributed by atoms with van der Waals surface area (Å²) in [6.45, 7) is 0. The Balaban J connectivity index is 2.60. The van der Waals surface area contributed by atoms with Crippen molar-refractivity contribution in [1.82, 2.24) is 5.32 Å². The van der Waals surface area contributed by atoms with E-state index in [1.54, 1.807) is 0 Å². The number of hydrogen-bond acceptors (Lipinski definition) is 2. The van der Waals surface area contributed by atoms with Gasteiger partial charge >= 0.3 is 0 Å². The molecule has 1 unspecified atom stereocenters. The van der Waals surface area contributed by atoms with Gasteiger partial charge in [-0.15, -0.1) is 12.8 Å². The molecule has 0 aromatic rings. The lowest BCUT2D eigenvalue weighted by molar-refractivity contribution is 0.289. The van der Waals surface area contributed by atoms with Crippen LogP contribution < -0.4 is 11.1 Å². The highest BCUT2D eigenvalue weighted by Crippen LogP contribution is 2.27. The van der Waals surface area contributed by atoms with Crippen LogP contribution in [-0.2, 0) is 0 Å². The molecule has 0 heterocycles. The van der Waals surface area contributed by atoms with Gasteiger partial charge in [-0.3, -0.25) is 5.32 Å². The van der Waals surface area contributed by atoms with Crippen molar-refractivity contribution in [1.29, 1.82) is 0 Å². The summed E-state index contributed by atoms with van der Waals surface area (Å²) in [6, 6.07) is 0. The van der Waals surface area contributed by atoms with E-state index in [4.69, 9.17) is 18.6 Å². The third kappa shape index (κ3) is 2.49. The lowest BCUT2D eigenvalue weighted by Gasteiger charge is -2.34. The molecule has 1 fully saturated rings. The Morgan fingerprint density at radius 1 is 1.23 bits per heavy atom. The number of terminal acetylenes is 2. The molecule has 13 heavy (non-hydrogen) atoms. The fraction of sp³-hybridized carbons (Fsp3) is 0.636. The van der Waals surface area contributed by atoms with E-state index < -0.39 is 6.17 Å². The summed E-state index contributed by atoms with van der Waals surface area (Å²) in [5.41, 5.74) is 5.38. The molecule has 0 amide bonds. The van der Waals surface area contributed by atoms with Crippen LogP contribution in [0, 0.1) is 24.7 Å². The molecule has 0 aliphatic heterocycles. The van der Waals surface area contributed by atoms with Gasteiger partial charge in [-0.25, -0.2) is 0 Å². The van der Waals surface area contributed by atoms with Crippen molar-refractivity contribution in [2.75, 3.05) is 0 Å². The minimum Gasteiger partial charge on any atom is -0.306 e. The van der Waals surface area contributed by atoms with Crippen molar-refractivity contribution < 1.29 is 0 Å². The first kappa shape index (κ1) is 10.1. The van der Waals surface area contributed by atoms with E-state index in [0.717, 1.165) is 25.7 Å². The number of nitrogens with one attached hydrogen (secondary N) is 1. The highest BCUT2D eigenvalue weighted by atomic mass is 15.1. The van der Waals surface area contributed by atoms with Crippen molar-refractivity contribution in [2.45, 2.75) is 43.8 Å². The lowest BCUT2D eigenvalue weighted by atomic mass is 9.82. The molecule has 2 heteroatoms. The van der Waals surface area contributed by atoms with Gasteiger partial charge in [0.15, 0.2) is 0 Å². The normalized spacial score (nSPS) is 22.7. The third-order valence-electron chi connectivity index (χ3n) is 2.59. The largest absolute Gasteiger partial charge is 0.306 e. The summed E-state index contributed by atoms with van der Waals surface area (Å²) in [5, 5.41) is 3.14. The van der Waals surface area contributed by atoms with Crippen LogP contribution in [0.25, 0.3) is 0 Å². The Morgan fingerprint density at radius 3 is 2.31 bits per heavy atom. The first-order valence-corrected chi connectivity index (χ1v) is 4.70. The zero-order chi connectivity index (χ0) is 9.73. The first-order chi connectivity index (χ1) is 6.22. The van der Waals surface area contributed by atoms with Crippen molar-refractivity contribution >= 4 is 0 Å². The van der Waals surface area contributed by atoms with E-state index in [1.807, 2.05) is 0 Å². The maximum Gasteiger partial charge on any atom is 0.119 e. The molecule has 1 aliphatic rings. The van der Waals surface area contributed by atoms with E-state index in [1.165, 1.54) is 6.42 Å². The summed E-state index contributed by atoms with van der Waals surface area (Å²) < 4.78 is 0. The predicted octanol–water partition coefficient (Wildman–Crippen LogP) is 0.830. The molecule has 1 atom stereocenters. The molecular weight excluding hydrogens is 160 g/mol. The van der Waals surface area contributed by atoms with Gasteiger partial charge in [0.2, 0.25) is 0 Å². The van der Waals surface area contributed by atoms with Gasteiger partial charge in [0.05, 0.1) is 5.54 Å². The molecule has 0 saturated heterocycles. The van der Waals surface area contributed by atoms with Crippen molar-refractivity contribution in [3.8, 4) is 24.7 Å². The van der Waals surface area contributed by atoms with Crippen LogP contribution in [0.4, 0.5) is 0 Å². The third-order valence-corrected chi connectivity index (χ3v) is 2.59. The average molecular weight is 176 g/mol. The molecule has 70 valence electrons. The van der Waals surface area contributed by atoms with Gasteiger partial charge in [-0.1, -0.05) is 31.1 Å². The van der Waals surface area contributed by atoms with Crippen LogP contribution in [0.15, 0.2) is 0 Å². The van der Waals surface area contributed by atoms with E-state index >= 15 is 0 Å². The van der Waals surface area contributed by atoms with Gasteiger partial charge < -0.3 is 5.73 Å². The Morgan fingerprint density at radius 2 is 1.85 bits per heavy atom. The minimum atomic E-state index is -0.422. The second-order valence-corrected chi connectivity index (χ2v) is 3.58. The lowest BCUT2D eigenvalue weighted by Crippen LogP contribution is -2.53. The van der Waals surface area contributed by atoms with Crippen LogP contribution in [0.2, 0.25) is 0 Å². The smallest absolute Gasteiger partial charge is 0.119 e. The van der Waals surface area contributed by atoms with Gasteiger partial charge in [0, 0.05) is 0 Å². The summed E-state index contributed by atoms with van der Waals surface area (Å²) in [6.07, 6.45) is 15.8. The summed E-state index contributed by atoms with van der Waals surface area (Å²) in [4.78, 5) is 0. The van der Waals surface area contributed by atoms with Gasteiger partial charge in [-0.05, 0) is 12.8 Å². The molecule has 0 aromatic heterocycles. The van der Waals surface area contributed by atoms with Crippen LogP contribution in [0.1, 0.15) is 32.1 Å². The number of rotatable bonds is 2. The standard InChI is InChI=1S/C11H16N2/c1-3-10(12)13-11(4-2)8-6-5-7-9-11/h1-2,10,13H,5-9,12H2. The molecule has 0 spiro atoms. The molecular formula is C11H16N2. The zero-order valence-corrected chi connectivity index (χ0v) is 7.84. The Labute approximate surface area is 80.3 Å². The Bertz CT molecular complexity index is 238. The zero-order valence-electron chi connectivity index (χ0n) is 7.84. The average Bonchev–Trinajstić information content (AvgIpc) is 2.19. The molecule has 2 nitrogen and oxygen atoms in total. The topological polar surface area (TPSA) is 38.0 Å². The van der Waals surface area contributed by atoms with Crippen molar-refractivity contribution in [3.05, 3.63) is 0 Å². The van der Waals surface area contributed by atoms with E-state index in [-0.39, 0.29) is 5.54 Å². The number of nitrogens with two attached hydrogens (primary N) is 1. The highest BCUT2D eigenvalue weighted by molar-refractivity contribution is 5.16. The van der Waals surface area contributed by atoms with Crippen molar-refractivity contribution in [3.63, 3.8) is 0 Å². The number of hydrogen-bond donors (Lipinski definition) is 2. The predicted molar refractivity (Wildman–Crippen MR) is 54.6 cm³/mol. The van der Waals surface area contributed by atoms with Gasteiger partial charge in [0.1, 0.15) is 6.17 Å². The summed E-state index contributed by atoms with van der Waals surface area (Å²) in [5.74, 6) is 5.24. The van der Waals surface area contributed by atoms with Crippen LogP contribution in [-0.4, -0.2) is 11.7 Å². The first-order valence-electron chi connectivity index (χ1n) is 4.70. The molecule has 3 N–H and O–H groups in total. The second-order valence-electron chi connectivity index (χ2n) is 3.58. The van der Waals surface area contributed by atoms with E-state index in [9.17, 15) is 0 Å². The molecule has 1 saturated carbocycles. The SMILES string of the molecule is C#CC(N)NC1(C#C)CCCCC1. The van der Waals surface area contributed by atoms with Crippen LogP contribution in [0.3, 0.4) is 0 Å². The molecule has 1 aliphatic carbocycles. The van der Waals surface area contributed by atoms with Gasteiger partial charge in [0.25, 0.3) is 0 Å². The fourth-order valence-electron chi connectivity index (χ4n) is 1.83. The van der Waals surface area contributed by atoms with E-state index in [2.05, 4.69) is 17.2 Å². The molecule has 0 radical (unpaired) electrons. The summed E-state index contributed by atoms with van der Waals surface area (Å²) >= 11 is 0. The monoisotopic (exact) mass is 176 g/mol. The summed E-state index contributed by atoms with van der Waals surface area (Å²) in [7, 11) is 0. The minimum absolute atomic E-state index is 0.246. The molecule has 0 bridgehead atoms. The van der Waals surface area contributed by atoms with Crippen LogP contribution >= 0.6 is 0 Å². The highest BCUT2D eigenvalue weighted by Gasteiger charge is 2.30. The van der Waals surface area contributed by atoms with Crippen LogP contribution in [0.5, 0.6) is 0 Å². The molecule has 0 aromatic carbocycles. The maximum absolute atomic E-state index is 5.62. The van der Waals surface area contributed by atoms with Crippen molar-refractivity contribution in [2.24, 2.45) is 5.73 Å². The quantitative estimate of drug-likeness (QED) is 0.483. The Kier molecular flexibility index (Phi) is 3.37.